The summed E-state index contributed by atoms with van der Waals surface area (Å²) in [6, 6.07) is 15.6. The zero-order chi connectivity index (χ0) is 18.8. The SMILES string of the molecule is O=S(=O)(N[C@@H](c1ccccc1)c1cccs1)c1ccccc1C(F)(F)F. The summed E-state index contributed by atoms with van der Waals surface area (Å²) in [5.41, 5.74) is -0.548. The van der Waals surface area contributed by atoms with Crippen LogP contribution in [0.2, 0.25) is 0 Å². The first-order valence-corrected chi connectivity index (χ1v) is 9.92. The fourth-order valence-electron chi connectivity index (χ4n) is 2.55. The van der Waals surface area contributed by atoms with Crippen LogP contribution in [0.25, 0.3) is 0 Å². The van der Waals surface area contributed by atoms with Crippen LogP contribution in [0.5, 0.6) is 0 Å². The molecule has 0 aliphatic carbocycles. The monoisotopic (exact) mass is 397 g/mol. The molecule has 136 valence electrons. The zero-order valence-corrected chi connectivity index (χ0v) is 14.9. The zero-order valence-electron chi connectivity index (χ0n) is 13.3. The number of nitrogens with one attached hydrogen (secondary N) is 1. The van der Waals surface area contributed by atoms with E-state index in [9.17, 15) is 21.6 Å². The van der Waals surface area contributed by atoms with Crippen molar-refractivity contribution in [1.82, 2.24) is 4.72 Å². The molecular formula is C18H14F3NO2S2. The van der Waals surface area contributed by atoms with Crippen molar-refractivity contribution in [3.8, 4) is 0 Å². The average molecular weight is 397 g/mol. The molecule has 3 aromatic rings. The van der Waals surface area contributed by atoms with E-state index in [0.717, 1.165) is 18.2 Å². The van der Waals surface area contributed by atoms with Crippen molar-refractivity contribution in [3.63, 3.8) is 0 Å². The number of hydrogen-bond acceptors (Lipinski definition) is 3. The Balaban J connectivity index is 2.05. The van der Waals surface area contributed by atoms with Gasteiger partial charge in [0, 0.05) is 4.88 Å². The molecule has 0 aliphatic heterocycles. The van der Waals surface area contributed by atoms with Crippen LogP contribution in [0.4, 0.5) is 13.2 Å². The van der Waals surface area contributed by atoms with Crippen LogP contribution in [0.1, 0.15) is 22.0 Å². The second-order valence-corrected chi connectivity index (χ2v) is 8.14. The van der Waals surface area contributed by atoms with E-state index in [1.54, 1.807) is 47.8 Å². The molecule has 0 aliphatic rings. The molecule has 0 saturated heterocycles. The van der Waals surface area contributed by atoms with Crippen molar-refractivity contribution in [2.75, 3.05) is 0 Å². The van der Waals surface area contributed by atoms with Gasteiger partial charge < -0.3 is 0 Å². The standard InChI is InChI=1S/C18H14F3NO2S2/c19-18(20,21)14-9-4-5-11-16(14)26(23,24)22-17(15-10-6-12-25-15)13-7-2-1-3-8-13/h1-12,17,22H/t17-/m0/s1. The minimum atomic E-state index is -4.77. The van der Waals surface area contributed by atoms with E-state index < -0.39 is 32.7 Å². The van der Waals surface area contributed by atoms with E-state index in [4.69, 9.17) is 0 Å². The molecule has 0 saturated carbocycles. The number of rotatable bonds is 5. The highest BCUT2D eigenvalue weighted by atomic mass is 32.2. The molecule has 1 N–H and O–H groups in total. The first-order chi connectivity index (χ1) is 12.3. The third kappa shape index (κ3) is 3.98. The van der Waals surface area contributed by atoms with Gasteiger partial charge >= 0.3 is 6.18 Å². The summed E-state index contributed by atoms with van der Waals surface area (Å²) in [6.45, 7) is 0. The predicted octanol–water partition coefficient (Wildman–Crippen LogP) is 4.83. The lowest BCUT2D eigenvalue weighted by molar-refractivity contribution is -0.139. The Morgan fingerprint density at radius 1 is 0.885 bits per heavy atom. The molecule has 0 unspecified atom stereocenters. The molecule has 3 rings (SSSR count). The van der Waals surface area contributed by atoms with E-state index in [-0.39, 0.29) is 0 Å². The van der Waals surface area contributed by atoms with E-state index in [1.165, 1.54) is 17.4 Å². The average Bonchev–Trinajstić information content (AvgIpc) is 3.14. The van der Waals surface area contributed by atoms with E-state index in [0.29, 0.717) is 10.4 Å². The van der Waals surface area contributed by atoms with Crippen molar-refractivity contribution in [2.45, 2.75) is 17.1 Å². The van der Waals surface area contributed by atoms with Crippen LogP contribution in [-0.4, -0.2) is 8.42 Å². The molecule has 1 atom stereocenters. The quantitative estimate of drug-likeness (QED) is 0.670. The molecule has 0 fully saturated rings. The molecule has 0 bridgehead atoms. The lowest BCUT2D eigenvalue weighted by atomic mass is 10.1. The Kier molecular flexibility index (Phi) is 5.17. The highest BCUT2D eigenvalue weighted by molar-refractivity contribution is 7.89. The topological polar surface area (TPSA) is 46.2 Å². The van der Waals surface area contributed by atoms with Crippen LogP contribution in [0.15, 0.2) is 77.0 Å². The molecular weight excluding hydrogens is 383 g/mol. The third-order valence-electron chi connectivity index (χ3n) is 3.72. The first-order valence-electron chi connectivity index (χ1n) is 7.56. The molecule has 8 heteroatoms. The maximum absolute atomic E-state index is 13.2. The summed E-state index contributed by atoms with van der Waals surface area (Å²) in [4.78, 5) is -0.103. The Hall–Kier alpha value is -2.16. The lowest BCUT2D eigenvalue weighted by Gasteiger charge is -2.20. The van der Waals surface area contributed by atoms with Gasteiger partial charge in [-0.05, 0) is 29.1 Å². The van der Waals surface area contributed by atoms with Crippen LogP contribution >= 0.6 is 11.3 Å². The number of alkyl halides is 3. The molecule has 1 heterocycles. The molecule has 1 aromatic heterocycles. The summed E-state index contributed by atoms with van der Waals surface area (Å²) in [5, 5.41) is 1.78. The lowest BCUT2D eigenvalue weighted by Crippen LogP contribution is -2.30. The van der Waals surface area contributed by atoms with Gasteiger partial charge in [-0.1, -0.05) is 48.5 Å². The number of halogens is 3. The van der Waals surface area contributed by atoms with Crippen molar-refractivity contribution in [2.24, 2.45) is 0 Å². The van der Waals surface area contributed by atoms with E-state index in [1.807, 2.05) is 0 Å². The third-order valence-corrected chi connectivity index (χ3v) is 6.13. The van der Waals surface area contributed by atoms with Crippen molar-refractivity contribution in [3.05, 3.63) is 88.1 Å². The second kappa shape index (κ2) is 7.22. The molecule has 26 heavy (non-hydrogen) atoms. The van der Waals surface area contributed by atoms with Gasteiger partial charge in [0.25, 0.3) is 0 Å². The van der Waals surface area contributed by atoms with Gasteiger partial charge in [-0.15, -0.1) is 11.3 Å². The van der Waals surface area contributed by atoms with Gasteiger partial charge in [0.05, 0.1) is 16.5 Å². The number of sulfonamides is 1. The van der Waals surface area contributed by atoms with Crippen LogP contribution in [0.3, 0.4) is 0 Å². The normalized spacial score (nSPS) is 13.5. The maximum atomic E-state index is 13.2. The van der Waals surface area contributed by atoms with Gasteiger partial charge in [0.15, 0.2) is 0 Å². The van der Waals surface area contributed by atoms with Crippen molar-refractivity contribution in [1.29, 1.82) is 0 Å². The highest BCUT2D eigenvalue weighted by Crippen LogP contribution is 2.35. The minimum Gasteiger partial charge on any atom is -0.207 e. The molecule has 2 aromatic carbocycles. The highest BCUT2D eigenvalue weighted by Gasteiger charge is 2.37. The first kappa shape index (κ1) is 18.6. The Morgan fingerprint density at radius 3 is 2.15 bits per heavy atom. The summed E-state index contributed by atoms with van der Waals surface area (Å²) in [6.07, 6.45) is -4.77. The Labute approximate surface area is 153 Å². The van der Waals surface area contributed by atoms with Gasteiger partial charge in [-0.25, -0.2) is 8.42 Å². The Bertz CT molecular complexity index is 969. The maximum Gasteiger partial charge on any atom is 0.417 e. The molecule has 0 radical (unpaired) electrons. The summed E-state index contributed by atoms with van der Waals surface area (Å²) in [5.74, 6) is 0. The van der Waals surface area contributed by atoms with E-state index >= 15 is 0 Å². The fourth-order valence-corrected chi connectivity index (χ4v) is 4.85. The van der Waals surface area contributed by atoms with Gasteiger partial charge in [0.2, 0.25) is 10.0 Å². The smallest absolute Gasteiger partial charge is 0.207 e. The number of hydrogen-bond donors (Lipinski definition) is 1. The number of thiophene rings is 1. The van der Waals surface area contributed by atoms with Crippen molar-refractivity contribution < 1.29 is 21.6 Å². The van der Waals surface area contributed by atoms with Crippen LogP contribution in [0, 0.1) is 0 Å². The molecule has 0 spiro atoms. The number of benzene rings is 2. The summed E-state index contributed by atoms with van der Waals surface area (Å²) >= 11 is 1.32. The summed E-state index contributed by atoms with van der Waals surface area (Å²) < 4.78 is 67.6. The largest absolute Gasteiger partial charge is 0.417 e. The summed E-state index contributed by atoms with van der Waals surface area (Å²) in [7, 11) is -4.41. The second-order valence-electron chi connectivity index (χ2n) is 5.47. The van der Waals surface area contributed by atoms with E-state index in [2.05, 4.69) is 4.72 Å². The molecule has 0 amide bonds. The Morgan fingerprint density at radius 2 is 1.54 bits per heavy atom. The molecule has 3 nitrogen and oxygen atoms in total. The minimum absolute atomic E-state index is 0.642. The van der Waals surface area contributed by atoms with Gasteiger partial charge in [-0.3, -0.25) is 0 Å². The van der Waals surface area contributed by atoms with Crippen molar-refractivity contribution >= 4 is 21.4 Å². The predicted molar refractivity (Wildman–Crippen MR) is 94.4 cm³/mol. The van der Waals surface area contributed by atoms with Crippen LogP contribution in [-0.2, 0) is 16.2 Å². The fraction of sp³-hybridized carbons (Fsp3) is 0.111. The van der Waals surface area contributed by atoms with Gasteiger partial charge in [-0.2, -0.15) is 17.9 Å². The van der Waals surface area contributed by atoms with Gasteiger partial charge in [0.1, 0.15) is 0 Å². The van der Waals surface area contributed by atoms with Crippen LogP contribution < -0.4 is 4.72 Å².